The molecule has 1 heterocycles. The summed E-state index contributed by atoms with van der Waals surface area (Å²) in [5, 5.41) is 11.5. The van der Waals surface area contributed by atoms with Crippen LogP contribution in [0.15, 0.2) is 18.3 Å². The van der Waals surface area contributed by atoms with Gasteiger partial charge in [0.15, 0.2) is 0 Å². The fourth-order valence-corrected chi connectivity index (χ4v) is 1.28. The van der Waals surface area contributed by atoms with Crippen molar-refractivity contribution in [1.29, 1.82) is 0 Å². The summed E-state index contributed by atoms with van der Waals surface area (Å²) in [6.07, 6.45) is 2.53. The van der Waals surface area contributed by atoms with Crippen LogP contribution in [-0.2, 0) is 0 Å². The molecule has 4 heteroatoms. The zero-order valence-electron chi connectivity index (χ0n) is 11.7. The highest BCUT2D eigenvalue weighted by molar-refractivity contribution is 5.92. The van der Waals surface area contributed by atoms with Crippen molar-refractivity contribution < 1.29 is 9.90 Å². The molecule has 0 unspecified atom stereocenters. The minimum absolute atomic E-state index is 0.0855. The lowest BCUT2D eigenvalue weighted by molar-refractivity contribution is 0.0930. The number of nitrogens with zero attached hydrogens (tertiary/aromatic N) is 1. The van der Waals surface area contributed by atoms with Crippen molar-refractivity contribution in [2.45, 2.75) is 27.2 Å². The molecule has 1 amide bonds. The Balaban J connectivity index is 2.63. The molecule has 4 nitrogen and oxygen atoms in total. The van der Waals surface area contributed by atoms with Crippen LogP contribution in [-0.4, -0.2) is 29.1 Å². The van der Waals surface area contributed by atoms with Crippen molar-refractivity contribution in [3.63, 3.8) is 0 Å². The zero-order valence-corrected chi connectivity index (χ0v) is 11.7. The monoisotopic (exact) mass is 260 g/mol. The highest BCUT2D eigenvalue weighted by atomic mass is 16.2. The first kappa shape index (κ1) is 15.2. The highest BCUT2D eigenvalue weighted by Gasteiger charge is 2.17. The molecule has 0 spiro atoms. The Morgan fingerprint density at radius 3 is 2.74 bits per heavy atom. The molecule has 0 aliphatic heterocycles. The molecule has 0 radical (unpaired) electrons. The van der Waals surface area contributed by atoms with E-state index in [-0.39, 0.29) is 17.9 Å². The maximum Gasteiger partial charge on any atom is 0.269 e. The van der Waals surface area contributed by atoms with E-state index in [1.54, 1.807) is 12.1 Å². The van der Waals surface area contributed by atoms with E-state index in [0.717, 1.165) is 6.42 Å². The molecule has 1 aromatic heterocycles. The Labute approximate surface area is 114 Å². The van der Waals surface area contributed by atoms with Gasteiger partial charge in [-0.1, -0.05) is 32.6 Å². The number of nitrogens with one attached hydrogen (secondary N) is 1. The third-order valence-corrected chi connectivity index (χ3v) is 2.99. The van der Waals surface area contributed by atoms with Gasteiger partial charge in [-0.2, -0.15) is 0 Å². The van der Waals surface area contributed by atoms with E-state index in [1.165, 1.54) is 6.20 Å². The van der Waals surface area contributed by atoms with Gasteiger partial charge in [-0.25, -0.2) is 4.98 Å². The lowest BCUT2D eigenvalue weighted by Crippen LogP contribution is -2.34. The predicted octanol–water partition coefficient (Wildman–Crippen LogP) is 1.59. The number of carbonyl (C=O) groups is 1. The van der Waals surface area contributed by atoms with E-state index in [1.807, 2.05) is 0 Å². The van der Waals surface area contributed by atoms with Crippen molar-refractivity contribution in [1.82, 2.24) is 10.3 Å². The van der Waals surface area contributed by atoms with Crippen LogP contribution >= 0.6 is 0 Å². The van der Waals surface area contributed by atoms with E-state index in [0.29, 0.717) is 17.8 Å². The Morgan fingerprint density at radius 2 is 2.21 bits per heavy atom. The van der Waals surface area contributed by atoms with Gasteiger partial charge in [0.2, 0.25) is 0 Å². The van der Waals surface area contributed by atoms with E-state index in [9.17, 15) is 4.79 Å². The van der Waals surface area contributed by atoms with Crippen molar-refractivity contribution in [2.75, 3.05) is 13.2 Å². The fourth-order valence-electron chi connectivity index (χ4n) is 1.28. The molecule has 0 aliphatic rings. The molecule has 2 N–H and O–H groups in total. The molecule has 1 rings (SSSR count). The smallest absolute Gasteiger partial charge is 0.269 e. The van der Waals surface area contributed by atoms with Crippen molar-refractivity contribution >= 4 is 5.91 Å². The molecular formula is C15H20N2O2. The molecule has 0 aromatic carbocycles. The predicted molar refractivity (Wildman–Crippen MR) is 74.6 cm³/mol. The third-order valence-electron chi connectivity index (χ3n) is 2.99. The molecule has 19 heavy (non-hydrogen) atoms. The molecule has 0 aliphatic carbocycles. The largest absolute Gasteiger partial charge is 0.384 e. The number of hydrogen-bond acceptors (Lipinski definition) is 3. The topological polar surface area (TPSA) is 62.2 Å². The number of pyridine rings is 1. The summed E-state index contributed by atoms with van der Waals surface area (Å²) in [6.45, 7) is 6.74. The lowest BCUT2D eigenvalue weighted by atomic mass is 9.90. The first-order chi connectivity index (χ1) is 8.98. The second-order valence-electron chi connectivity index (χ2n) is 5.09. The van der Waals surface area contributed by atoms with Crippen LogP contribution in [0.2, 0.25) is 0 Å². The number of hydrogen-bond donors (Lipinski definition) is 2. The van der Waals surface area contributed by atoms with Gasteiger partial charge < -0.3 is 10.4 Å². The van der Waals surface area contributed by atoms with E-state index < -0.39 is 0 Å². The van der Waals surface area contributed by atoms with Crippen LogP contribution in [0.25, 0.3) is 0 Å². The number of aromatic nitrogens is 1. The first-order valence-electron chi connectivity index (χ1n) is 6.32. The van der Waals surface area contributed by atoms with Crippen molar-refractivity contribution in [2.24, 2.45) is 5.41 Å². The van der Waals surface area contributed by atoms with E-state index >= 15 is 0 Å². The maximum atomic E-state index is 11.9. The van der Waals surface area contributed by atoms with Crippen LogP contribution in [0, 0.1) is 17.3 Å². The number of aliphatic hydroxyl groups excluding tert-OH is 1. The normalized spacial score (nSPS) is 10.5. The molecule has 0 saturated heterocycles. The lowest BCUT2D eigenvalue weighted by Gasteiger charge is -2.22. The maximum absolute atomic E-state index is 11.9. The quantitative estimate of drug-likeness (QED) is 0.808. The van der Waals surface area contributed by atoms with Crippen molar-refractivity contribution in [3.8, 4) is 11.8 Å². The van der Waals surface area contributed by atoms with Crippen LogP contribution in [0.1, 0.15) is 43.2 Å². The van der Waals surface area contributed by atoms with Gasteiger partial charge in [0, 0.05) is 18.3 Å². The fraction of sp³-hybridized carbons (Fsp3) is 0.467. The van der Waals surface area contributed by atoms with Gasteiger partial charge in [0.1, 0.15) is 12.3 Å². The van der Waals surface area contributed by atoms with Gasteiger partial charge in [-0.05, 0) is 24.0 Å². The molecule has 0 bridgehead atoms. The van der Waals surface area contributed by atoms with Crippen LogP contribution < -0.4 is 5.32 Å². The van der Waals surface area contributed by atoms with Gasteiger partial charge in [-0.15, -0.1) is 0 Å². The van der Waals surface area contributed by atoms with E-state index in [4.69, 9.17) is 5.11 Å². The molecule has 1 aromatic rings. The summed E-state index contributed by atoms with van der Waals surface area (Å²) >= 11 is 0. The SMILES string of the molecule is CCC(C)(C)CNC(=O)c1ccc(C#CCO)cn1. The van der Waals surface area contributed by atoms with E-state index in [2.05, 4.69) is 42.9 Å². The summed E-state index contributed by atoms with van der Waals surface area (Å²) in [5.74, 6) is 5.08. The minimum atomic E-state index is -0.186. The standard InChI is InChI=1S/C15H20N2O2/c1-4-15(2,3)11-17-14(19)13-8-7-12(10-16-13)6-5-9-18/h7-8,10,18H,4,9,11H2,1-3H3,(H,17,19). The first-order valence-corrected chi connectivity index (χ1v) is 6.32. The van der Waals surface area contributed by atoms with Crippen LogP contribution in [0.4, 0.5) is 0 Å². The summed E-state index contributed by atoms with van der Waals surface area (Å²) in [6, 6.07) is 3.35. The van der Waals surface area contributed by atoms with Gasteiger partial charge in [0.05, 0.1) is 0 Å². The van der Waals surface area contributed by atoms with Crippen LogP contribution in [0.5, 0.6) is 0 Å². The van der Waals surface area contributed by atoms with Crippen molar-refractivity contribution in [3.05, 3.63) is 29.6 Å². The molecule has 0 atom stereocenters. The number of carbonyl (C=O) groups excluding carboxylic acids is 1. The number of aliphatic hydroxyl groups is 1. The van der Waals surface area contributed by atoms with Crippen LogP contribution in [0.3, 0.4) is 0 Å². The Kier molecular flexibility index (Phi) is 5.53. The Hall–Kier alpha value is -1.86. The highest BCUT2D eigenvalue weighted by Crippen LogP contribution is 2.17. The third kappa shape index (κ3) is 5.11. The summed E-state index contributed by atoms with van der Waals surface area (Å²) in [5.41, 5.74) is 1.14. The second-order valence-corrected chi connectivity index (χ2v) is 5.09. The summed E-state index contributed by atoms with van der Waals surface area (Å²) in [7, 11) is 0. The molecule has 102 valence electrons. The van der Waals surface area contributed by atoms with Gasteiger partial charge in [0.25, 0.3) is 5.91 Å². The minimum Gasteiger partial charge on any atom is -0.384 e. The molecule has 0 fully saturated rings. The molecular weight excluding hydrogens is 240 g/mol. The average molecular weight is 260 g/mol. The Morgan fingerprint density at radius 1 is 1.47 bits per heavy atom. The van der Waals surface area contributed by atoms with Gasteiger partial charge in [-0.3, -0.25) is 4.79 Å². The Bertz CT molecular complexity index is 481. The second kappa shape index (κ2) is 6.91. The number of rotatable bonds is 4. The summed E-state index contributed by atoms with van der Waals surface area (Å²) < 4.78 is 0. The molecule has 0 saturated carbocycles. The zero-order chi connectivity index (χ0) is 14.3. The number of amides is 1. The van der Waals surface area contributed by atoms with Gasteiger partial charge >= 0.3 is 0 Å². The average Bonchev–Trinajstić information content (AvgIpc) is 2.43. The summed E-state index contributed by atoms with van der Waals surface area (Å²) in [4.78, 5) is 15.9.